The SMILES string of the molecule is CCC(=O)Nc1ccc(S(=O)(=O)NCC2(CO)CC2)c(C)c1. The molecule has 0 spiro atoms. The predicted molar refractivity (Wildman–Crippen MR) is 84.0 cm³/mol. The van der Waals surface area contributed by atoms with Crippen molar-refractivity contribution in [3.63, 3.8) is 0 Å². The van der Waals surface area contributed by atoms with Crippen LogP contribution in [0.1, 0.15) is 31.7 Å². The topological polar surface area (TPSA) is 95.5 Å². The third-order valence-electron chi connectivity index (χ3n) is 4.00. The van der Waals surface area contributed by atoms with Crippen LogP contribution in [0.5, 0.6) is 0 Å². The summed E-state index contributed by atoms with van der Waals surface area (Å²) < 4.78 is 27.3. The van der Waals surface area contributed by atoms with Crippen LogP contribution >= 0.6 is 0 Å². The molecule has 22 heavy (non-hydrogen) atoms. The van der Waals surface area contributed by atoms with Crippen molar-refractivity contribution >= 4 is 21.6 Å². The lowest BCUT2D eigenvalue weighted by molar-refractivity contribution is -0.115. The van der Waals surface area contributed by atoms with Gasteiger partial charge in [-0.05, 0) is 43.5 Å². The number of benzene rings is 1. The van der Waals surface area contributed by atoms with E-state index in [2.05, 4.69) is 10.0 Å². The Hall–Kier alpha value is -1.44. The van der Waals surface area contributed by atoms with Crippen LogP contribution in [0.3, 0.4) is 0 Å². The first-order valence-electron chi connectivity index (χ1n) is 7.33. The van der Waals surface area contributed by atoms with Gasteiger partial charge in [0.15, 0.2) is 0 Å². The van der Waals surface area contributed by atoms with Crippen LogP contribution in [0.2, 0.25) is 0 Å². The summed E-state index contributed by atoms with van der Waals surface area (Å²) in [4.78, 5) is 11.6. The van der Waals surface area contributed by atoms with E-state index in [9.17, 15) is 18.3 Å². The van der Waals surface area contributed by atoms with Crippen LogP contribution in [-0.2, 0) is 14.8 Å². The zero-order valence-corrected chi connectivity index (χ0v) is 13.7. The molecule has 6 nitrogen and oxygen atoms in total. The molecule has 0 radical (unpaired) electrons. The number of sulfonamides is 1. The van der Waals surface area contributed by atoms with Crippen molar-refractivity contribution in [1.82, 2.24) is 4.72 Å². The number of amides is 1. The van der Waals surface area contributed by atoms with Crippen LogP contribution in [0.4, 0.5) is 5.69 Å². The fourth-order valence-corrected chi connectivity index (χ4v) is 3.55. The number of aliphatic hydroxyl groups is 1. The third-order valence-corrected chi connectivity index (χ3v) is 5.56. The van der Waals surface area contributed by atoms with Gasteiger partial charge in [-0.15, -0.1) is 0 Å². The van der Waals surface area contributed by atoms with E-state index in [1.807, 2.05) is 0 Å². The van der Waals surface area contributed by atoms with Crippen molar-refractivity contribution in [3.8, 4) is 0 Å². The normalized spacial score (nSPS) is 16.3. The lowest BCUT2D eigenvalue weighted by atomic mass is 10.1. The maximum absolute atomic E-state index is 12.4. The minimum atomic E-state index is -3.62. The molecule has 0 unspecified atom stereocenters. The first-order valence-corrected chi connectivity index (χ1v) is 8.81. The quantitative estimate of drug-likeness (QED) is 0.705. The molecule has 7 heteroatoms. The van der Waals surface area contributed by atoms with E-state index in [-0.39, 0.29) is 29.4 Å². The van der Waals surface area contributed by atoms with Crippen molar-refractivity contribution in [2.24, 2.45) is 5.41 Å². The summed E-state index contributed by atoms with van der Waals surface area (Å²) in [5.74, 6) is -0.119. The molecular weight excluding hydrogens is 304 g/mol. The van der Waals surface area contributed by atoms with Crippen molar-refractivity contribution < 1.29 is 18.3 Å². The second-order valence-electron chi connectivity index (χ2n) is 5.86. The monoisotopic (exact) mass is 326 g/mol. The highest BCUT2D eigenvalue weighted by atomic mass is 32.2. The molecule has 0 heterocycles. The zero-order chi connectivity index (χ0) is 16.4. The van der Waals surface area contributed by atoms with Crippen LogP contribution in [0.15, 0.2) is 23.1 Å². The predicted octanol–water partition coefficient (Wildman–Crippen LogP) is 1.39. The molecule has 0 aromatic heterocycles. The number of aliphatic hydroxyl groups excluding tert-OH is 1. The Morgan fingerprint density at radius 1 is 1.36 bits per heavy atom. The number of carbonyl (C=O) groups excluding carboxylic acids is 1. The number of hydrogen-bond acceptors (Lipinski definition) is 4. The molecule has 1 saturated carbocycles. The Morgan fingerprint density at radius 2 is 2.05 bits per heavy atom. The summed E-state index contributed by atoms with van der Waals surface area (Å²) in [6.07, 6.45) is 2.05. The van der Waals surface area contributed by atoms with E-state index in [1.54, 1.807) is 26.0 Å². The van der Waals surface area contributed by atoms with E-state index in [0.29, 0.717) is 17.7 Å². The average molecular weight is 326 g/mol. The van der Waals surface area contributed by atoms with E-state index in [0.717, 1.165) is 12.8 Å². The Kier molecular flexibility index (Phi) is 4.89. The Labute approximate surface area is 131 Å². The van der Waals surface area contributed by atoms with Gasteiger partial charge in [0, 0.05) is 30.7 Å². The second kappa shape index (κ2) is 6.36. The van der Waals surface area contributed by atoms with Gasteiger partial charge < -0.3 is 10.4 Å². The highest BCUT2D eigenvalue weighted by Gasteiger charge is 2.42. The number of rotatable bonds is 7. The zero-order valence-electron chi connectivity index (χ0n) is 12.8. The highest BCUT2D eigenvalue weighted by molar-refractivity contribution is 7.89. The first-order chi connectivity index (χ1) is 10.3. The van der Waals surface area contributed by atoms with Gasteiger partial charge in [-0.25, -0.2) is 13.1 Å². The largest absolute Gasteiger partial charge is 0.396 e. The van der Waals surface area contributed by atoms with Crippen molar-refractivity contribution in [3.05, 3.63) is 23.8 Å². The number of nitrogens with one attached hydrogen (secondary N) is 2. The lowest BCUT2D eigenvalue weighted by Gasteiger charge is -2.15. The van der Waals surface area contributed by atoms with Gasteiger partial charge in [0.05, 0.1) is 4.90 Å². The summed E-state index contributed by atoms with van der Waals surface area (Å²) >= 11 is 0. The molecule has 122 valence electrons. The van der Waals surface area contributed by atoms with E-state index >= 15 is 0 Å². The van der Waals surface area contributed by atoms with Gasteiger partial charge in [0.2, 0.25) is 15.9 Å². The van der Waals surface area contributed by atoms with Crippen LogP contribution < -0.4 is 10.0 Å². The molecule has 0 saturated heterocycles. The van der Waals surface area contributed by atoms with Crippen molar-refractivity contribution in [1.29, 1.82) is 0 Å². The number of aryl methyl sites for hydroxylation is 1. The van der Waals surface area contributed by atoms with E-state index < -0.39 is 10.0 Å². The fourth-order valence-electron chi connectivity index (χ4n) is 2.17. The average Bonchev–Trinajstić information content (AvgIpc) is 3.25. The van der Waals surface area contributed by atoms with E-state index in [4.69, 9.17) is 0 Å². The van der Waals surface area contributed by atoms with Crippen molar-refractivity contribution in [2.45, 2.75) is 38.0 Å². The van der Waals surface area contributed by atoms with Gasteiger partial charge in [-0.1, -0.05) is 6.92 Å². The molecule has 1 fully saturated rings. The number of hydrogen-bond donors (Lipinski definition) is 3. The number of anilines is 1. The van der Waals surface area contributed by atoms with Crippen LogP contribution in [0, 0.1) is 12.3 Å². The summed E-state index contributed by atoms with van der Waals surface area (Å²) in [6.45, 7) is 3.69. The summed E-state index contributed by atoms with van der Waals surface area (Å²) in [5.41, 5.74) is 0.864. The first kappa shape index (κ1) is 16.9. The lowest BCUT2D eigenvalue weighted by Crippen LogP contribution is -2.32. The van der Waals surface area contributed by atoms with Crippen molar-refractivity contribution in [2.75, 3.05) is 18.5 Å². The Balaban J connectivity index is 2.12. The highest BCUT2D eigenvalue weighted by Crippen LogP contribution is 2.44. The molecule has 0 atom stereocenters. The summed E-state index contributed by atoms with van der Waals surface area (Å²) in [7, 11) is -3.62. The molecule has 2 rings (SSSR count). The molecule has 0 bridgehead atoms. The maximum Gasteiger partial charge on any atom is 0.240 e. The molecule has 1 aromatic carbocycles. The summed E-state index contributed by atoms with van der Waals surface area (Å²) in [6, 6.07) is 4.70. The van der Waals surface area contributed by atoms with Crippen LogP contribution in [-0.4, -0.2) is 32.6 Å². The Bertz CT molecular complexity index is 666. The van der Waals surface area contributed by atoms with E-state index in [1.165, 1.54) is 6.07 Å². The molecule has 3 N–H and O–H groups in total. The molecular formula is C15H22N2O4S. The molecule has 1 aliphatic carbocycles. The minimum absolute atomic E-state index is 0.00348. The van der Waals surface area contributed by atoms with Gasteiger partial charge >= 0.3 is 0 Å². The maximum atomic E-state index is 12.4. The Morgan fingerprint density at radius 3 is 2.55 bits per heavy atom. The third kappa shape index (κ3) is 3.85. The summed E-state index contributed by atoms with van der Waals surface area (Å²) in [5, 5.41) is 11.9. The molecule has 1 aliphatic rings. The van der Waals surface area contributed by atoms with Gasteiger partial charge in [-0.3, -0.25) is 4.79 Å². The minimum Gasteiger partial charge on any atom is -0.396 e. The second-order valence-corrected chi connectivity index (χ2v) is 7.60. The van der Waals surface area contributed by atoms with Gasteiger partial charge in [0.1, 0.15) is 0 Å². The smallest absolute Gasteiger partial charge is 0.240 e. The molecule has 0 aliphatic heterocycles. The molecule has 1 aromatic rings. The van der Waals surface area contributed by atoms with Crippen LogP contribution in [0.25, 0.3) is 0 Å². The van der Waals surface area contributed by atoms with Gasteiger partial charge in [0.25, 0.3) is 0 Å². The molecule has 1 amide bonds. The van der Waals surface area contributed by atoms with Gasteiger partial charge in [-0.2, -0.15) is 0 Å². The fraction of sp³-hybridized carbons (Fsp3) is 0.533. The number of carbonyl (C=O) groups is 1. The standard InChI is InChI=1S/C15H22N2O4S/c1-3-14(19)17-12-4-5-13(11(2)8-12)22(20,21)16-9-15(10-18)6-7-15/h4-5,8,16,18H,3,6-7,9-10H2,1-2H3,(H,17,19).